The number of rotatable bonds is 8. The van der Waals surface area contributed by atoms with Crippen LogP contribution in [0.1, 0.15) is 57.6 Å². The Labute approximate surface area is 194 Å². The van der Waals surface area contributed by atoms with Crippen molar-refractivity contribution in [2.24, 2.45) is 10.9 Å². The standard InChI is InChI=1S/C23H38N4O.HI/c1-4-24-22(27-15-12-20(16-27)17-28-3)25-18-23(13-8-9-14-23)26-19(2)21-10-6-5-7-11-21;/h5-7,10-11,19-20,26H,4,8-9,12-18H2,1-3H3,(H,24,25);1H. The highest BCUT2D eigenvalue weighted by Crippen LogP contribution is 2.33. The Hall–Kier alpha value is -0.860. The van der Waals surface area contributed by atoms with Gasteiger partial charge in [0.25, 0.3) is 0 Å². The van der Waals surface area contributed by atoms with E-state index in [0.717, 1.165) is 38.7 Å². The Morgan fingerprint density at radius 3 is 2.66 bits per heavy atom. The van der Waals surface area contributed by atoms with Crippen molar-refractivity contribution in [2.75, 3.05) is 39.9 Å². The lowest BCUT2D eigenvalue weighted by molar-refractivity contribution is 0.157. The van der Waals surface area contributed by atoms with E-state index in [1.165, 1.54) is 37.7 Å². The number of nitrogens with one attached hydrogen (secondary N) is 2. The van der Waals surface area contributed by atoms with E-state index in [9.17, 15) is 0 Å². The predicted molar refractivity (Wildman–Crippen MR) is 132 cm³/mol. The molecule has 2 fully saturated rings. The van der Waals surface area contributed by atoms with Gasteiger partial charge in [0.2, 0.25) is 0 Å². The summed E-state index contributed by atoms with van der Waals surface area (Å²) < 4.78 is 5.36. The summed E-state index contributed by atoms with van der Waals surface area (Å²) in [6.07, 6.45) is 6.19. The number of methoxy groups -OCH3 is 1. The molecule has 1 saturated heterocycles. The molecule has 1 aliphatic carbocycles. The number of halogens is 1. The van der Waals surface area contributed by atoms with E-state index in [0.29, 0.717) is 12.0 Å². The van der Waals surface area contributed by atoms with Crippen LogP contribution in [-0.4, -0.2) is 56.3 Å². The number of aliphatic imine (C=N–C) groups is 1. The summed E-state index contributed by atoms with van der Waals surface area (Å²) >= 11 is 0. The molecule has 5 nitrogen and oxygen atoms in total. The molecule has 1 aromatic carbocycles. The highest BCUT2D eigenvalue weighted by molar-refractivity contribution is 14.0. The van der Waals surface area contributed by atoms with Crippen molar-refractivity contribution in [3.8, 4) is 0 Å². The van der Waals surface area contributed by atoms with Crippen molar-refractivity contribution in [2.45, 2.75) is 57.5 Å². The quantitative estimate of drug-likeness (QED) is 0.310. The molecule has 2 unspecified atom stereocenters. The van der Waals surface area contributed by atoms with Gasteiger partial charge in [0, 0.05) is 44.2 Å². The second kappa shape index (κ2) is 12.1. The number of nitrogens with zero attached hydrogens (tertiary/aromatic N) is 2. The van der Waals surface area contributed by atoms with Crippen LogP contribution in [0.3, 0.4) is 0 Å². The summed E-state index contributed by atoms with van der Waals surface area (Å²) in [5.74, 6) is 1.69. The number of hydrogen-bond donors (Lipinski definition) is 2. The van der Waals surface area contributed by atoms with Crippen molar-refractivity contribution < 1.29 is 4.74 Å². The molecule has 1 saturated carbocycles. The molecule has 29 heavy (non-hydrogen) atoms. The maximum absolute atomic E-state index is 5.36. The average molecular weight is 514 g/mol. The van der Waals surface area contributed by atoms with E-state index < -0.39 is 0 Å². The number of guanidine groups is 1. The maximum Gasteiger partial charge on any atom is 0.193 e. The smallest absolute Gasteiger partial charge is 0.193 e. The minimum absolute atomic E-state index is 0. The van der Waals surface area contributed by atoms with Crippen molar-refractivity contribution in [3.63, 3.8) is 0 Å². The van der Waals surface area contributed by atoms with Crippen LogP contribution in [0.5, 0.6) is 0 Å². The fourth-order valence-corrected chi connectivity index (χ4v) is 4.73. The Morgan fingerprint density at radius 1 is 1.28 bits per heavy atom. The average Bonchev–Trinajstić information content (AvgIpc) is 3.36. The SMILES string of the molecule is CCNC(=NCC1(NC(C)c2ccccc2)CCCC1)N1CCC(COC)C1.I. The highest BCUT2D eigenvalue weighted by Gasteiger charge is 2.35. The van der Waals surface area contributed by atoms with Crippen LogP contribution in [0.4, 0.5) is 0 Å². The summed E-state index contributed by atoms with van der Waals surface area (Å²) in [6.45, 7) is 9.14. The summed E-state index contributed by atoms with van der Waals surface area (Å²) in [6, 6.07) is 11.1. The van der Waals surface area contributed by atoms with Crippen LogP contribution in [0, 0.1) is 5.92 Å². The Bertz CT molecular complexity index is 619. The van der Waals surface area contributed by atoms with Crippen LogP contribution in [-0.2, 0) is 4.74 Å². The Balaban J connectivity index is 0.00000300. The van der Waals surface area contributed by atoms with E-state index in [4.69, 9.17) is 9.73 Å². The zero-order valence-corrected chi connectivity index (χ0v) is 20.7. The molecule has 2 aliphatic rings. The van der Waals surface area contributed by atoms with Gasteiger partial charge in [-0.05, 0) is 38.7 Å². The first kappa shape index (κ1) is 24.4. The van der Waals surface area contributed by atoms with Crippen molar-refractivity contribution in [3.05, 3.63) is 35.9 Å². The number of likely N-dealkylation sites (tertiary alicyclic amines) is 1. The summed E-state index contributed by atoms with van der Waals surface area (Å²) in [7, 11) is 1.80. The van der Waals surface area contributed by atoms with E-state index in [1.54, 1.807) is 7.11 Å². The Morgan fingerprint density at radius 2 is 2.00 bits per heavy atom. The van der Waals surface area contributed by atoms with E-state index >= 15 is 0 Å². The first-order valence-electron chi connectivity index (χ1n) is 11.0. The van der Waals surface area contributed by atoms with Crippen LogP contribution in [0.2, 0.25) is 0 Å². The zero-order valence-electron chi connectivity index (χ0n) is 18.3. The van der Waals surface area contributed by atoms with Gasteiger partial charge in [-0.2, -0.15) is 0 Å². The Kier molecular flexibility index (Phi) is 10.2. The first-order valence-corrected chi connectivity index (χ1v) is 11.0. The number of benzene rings is 1. The zero-order chi connectivity index (χ0) is 19.8. The molecule has 2 atom stereocenters. The molecule has 2 N–H and O–H groups in total. The second-order valence-electron chi connectivity index (χ2n) is 8.49. The molecule has 1 aliphatic heterocycles. The molecule has 164 valence electrons. The second-order valence-corrected chi connectivity index (χ2v) is 8.49. The minimum Gasteiger partial charge on any atom is -0.384 e. The van der Waals surface area contributed by atoms with Crippen molar-refractivity contribution in [1.82, 2.24) is 15.5 Å². The monoisotopic (exact) mass is 514 g/mol. The third kappa shape index (κ3) is 6.82. The molecule has 6 heteroatoms. The lowest BCUT2D eigenvalue weighted by Gasteiger charge is -2.33. The summed E-state index contributed by atoms with van der Waals surface area (Å²) in [5, 5.41) is 7.47. The molecule has 1 heterocycles. The van der Waals surface area contributed by atoms with Crippen LogP contribution >= 0.6 is 24.0 Å². The molecular weight excluding hydrogens is 475 g/mol. The third-order valence-corrected chi connectivity index (χ3v) is 6.24. The molecule has 1 aromatic rings. The lowest BCUT2D eigenvalue weighted by atomic mass is 9.95. The topological polar surface area (TPSA) is 48.9 Å². The van der Waals surface area contributed by atoms with Gasteiger partial charge in [0.05, 0.1) is 13.2 Å². The van der Waals surface area contributed by atoms with Crippen LogP contribution in [0.25, 0.3) is 0 Å². The molecular formula is C23H39IN4O. The van der Waals surface area contributed by atoms with Crippen LogP contribution in [0.15, 0.2) is 35.3 Å². The van der Waals surface area contributed by atoms with Gasteiger partial charge in [-0.25, -0.2) is 0 Å². The molecule has 0 radical (unpaired) electrons. The van der Waals surface area contributed by atoms with E-state index in [2.05, 4.69) is 59.7 Å². The van der Waals surface area contributed by atoms with Gasteiger partial charge < -0.3 is 20.3 Å². The minimum atomic E-state index is 0. The lowest BCUT2D eigenvalue weighted by Crippen LogP contribution is -2.48. The first-order chi connectivity index (χ1) is 13.7. The summed E-state index contributed by atoms with van der Waals surface area (Å²) in [4.78, 5) is 7.53. The third-order valence-electron chi connectivity index (χ3n) is 6.24. The summed E-state index contributed by atoms with van der Waals surface area (Å²) in [5.41, 5.74) is 1.47. The van der Waals surface area contributed by atoms with Crippen molar-refractivity contribution >= 4 is 29.9 Å². The maximum atomic E-state index is 5.36. The van der Waals surface area contributed by atoms with E-state index in [-0.39, 0.29) is 29.5 Å². The normalized spacial score (nSPS) is 22.4. The molecule has 0 aromatic heterocycles. The highest BCUT2D eigenvalue weighted by atomic mass is 127. The van der Waals surface area contributed by atoms with Gasteiger partial charge in [0.15, 0.2) is 5.96 Å². The molecule has 0 amide bonds. The largest absolute Gasteiger partial charge is 0.384 e. The van der Waals surface area contributed by atoms with E-state index in [1.807, 2.05) is 0 Å². The number of ether oxygens (including phenoxy) is 1. The van der Waals surface area contributed by atoms with Gasteiger partial charge in [0.1, 0.15) is 0 Å². The molecule has 0 spiro atoms. The van der Waals surface area contributed by atoms with Crippen LogP contribution < -0.4 is 10.6 Å². The van der Waals surface area contributed by atoms with Gasteiger partial charge >= 0.3 is 0 Å². The number of hydrogen-bond acceptors (Lipinski definition) is 3. The fraction of sp³-hybridized carbons (Fsp3) is 0.696. The van der Waals surface area contributed by atoms with Gasteiger partial charge in [-0.3, -0.25) is 4.99 Å². The molecule has 3 rings (SSSR count). The van der Waals surface area contributed by atoms with Gasteiger partial charge in [-0.1, -0.05) is 43.2 Å². The van der Waals surface area contributed by atoms with Crippen molar-refractivity contribution in [1.29, 1.82) is 0 Å². The fourth-order valence-electron chi connectivity index (χ4n) is 4.73. The predicted octanol–water partition coefficient (Wildman–Crippen LogP) is 4.20. The molecule has 0 bridgehead atoms. The van der Waals surface area contributed by atoms with Gasteiger partial charge in [-0.15, -0.1) is 24.0 Å².